The molecule has 3 rings (SSSR count). The SMILES string of the molecule is CC(C)C[C@H](COP(=O)(O)O)Nc1nc(SC(C)c2cccc(C#N)c2)nc2[nH]c(=O)sc12. The molecule has 0 bridgehead atoms. The summed E-state index contributed by atoms with van der Waals surface area (Å²) in [6.45, 7) is 5.70. The van der Waals surface area contributed by atoms with Crippen LogP contribution in [0.25, 0.3) is 10.3 Å². The molecule has 2 atom stereocenters. The van der Waals surface area contributed by atoms with Gasteiger partial charge in [-0.05, 0) is 37.0 Å². The largest absolute Gasteiger partial charge is 0.469 e. The molecule has 33 heavy (non-hydrogen) atoms. The van der Waals surface area contributed by atoms with Crippen molar-refractivity contribution < 1.29 is 18.9 Å². The van der Waals surface area contributed by atoms with Gasteiger partial charge in [-0.15, -0.1) is 0 Å². The lowest BCUT2D eigenvalue weighted by Crippen LogP contribution is -2.27. The number of nitrogens with one attached hydrogen (secondary N) is 2. The minimum absolute atomic E-state index is 0.0709. The van der Waals surface area contributed by atoms with Crippen LogP contribution >= 0.6 is 30.9 Å². The van der Waals surface area contributed by atoms with Crippen LogP contribution in [-0.2, 0) is 9.09 Å². The Morgan fingerprint density at radius 2 is 2.09 bits per heavy atom. The third-order valence-electron chi connectivity index (χ3n) is 4.57. The molecular weight excluding hydrogens is 485 g/mol. The van der Waals surface area contributed by atoms with Crippen LogP contribution in [0.15, 0.2) is 34.2 Å². The maximum Gasteiger partial charge on any atom is 0.469 e. The number of phosphoric acid groups is 1. The van der Waals surface area contributed by atoms with Gasteiger partial charge in [-0.25, -0.2) is 14.5 Å². The minimum atomic E-state index is -4.63. The lowest BCUT2D eigenvalue weighted by Gasteiger charge is -2.22. The maximum atomic E-state index is 12.0. The van der Waals surface area contributed by atoms with Crippen molar-refractivity contribution in [3.05, 3.63) is 45.1 Å². The Balaban J connectivity index is 1.91. The van der Waals surface area contributed by atoms with Crippen molar-refractivity contribution in [2.75, 3.05) is 11.9 Å². The van der Waals surface area contributed by atoms with Crippen molar-refractivity contribution in [2.45, 2.75) is 43.6 Å². The predicted octanol–water partition coefficient (Wildman–Crippen LogP) is 4.04. The summed E-state index contributed by atoms with van der Waals surface area (Å²) in [5.74, 6) is 0.607. The topological polar surface area (TPSA) is 161 Å². The molecule has 0 aliphatic heterocycles. The Hall–Kier alpha value is -2.26. The van der Waals surface area contributed by atoms with E-state index in [0.29, 0.717) is 33.3 Å². The highest BCUT2D eigenvalue weighted by Gasteiger charge is 2.22. The van der Waals surface area contributed by atoms with E-state index < -0.39 is 13.9 Å². The average Bonchev–Trinajstić information content (AvgIpc) is 3.11. The molecule has 0 amide bonds. The van der Waals surface area contributed by atoms with Crippen molar-refractivity contribution in [2.24, 2.45) is 5.92 Å². The fourth-order valence-electron chi connectivity index (χ4n) is 3.18. The molecule has 2 aromatic heterocycles. The van der Waals surface area contributed by atoms with Crippen molar-refractivity contribution >= 4 is 47.1 Å². The molecule has 4 N–H and O–H groups in total. The molecule has 1 unspecified atom stereocenters. The molecule has 3 aromatic rings. The molecule has 0 saturated heterocycles. The quantitative estimate of drug-likeness (QED) is 0.178. The first-order valence-corrected chi connectivity index (χ1v) is 13.3. The zero-order valence-corrected chi connectivity index (χ0v) is 20.7. The Morgan fingerprint density at radius 3 is 2.76 bits per heavy atom. The molecule has 176 valence electrons. The second-order valence-corrected chi connectivity index (χ2v) is 11.3. The summed E-state index contributed by atoms with van der Waals surface area (Å²) in [7, 11) is -4.63. The maximum absolute atomic E-state index is 12.0. The van der Waals surface area contributed by atoms with E-state index in [1.807, 2.05) is 32.9 Å². The van der Waals surface area contributed by atoms with E-state index in [2.05, 4.69) is 26.3 Å². The first-order chi connectivity index (χ1) is 15.5. The van der Waals surface area contributed by atoms with Crippen molar-refractivity contribution in [3.8, 4) is 6.07 Å². The minimum Gasteiger partial charge on any atom is -0.364 e. The zero-order chi connectivity index (χ0) is 24.2. The lowest BCUT2D eigenvalue weighted by molar-refractivity contribution is 0.184. The number of hydrogen-bond donors (Lipinski definition) is 4. The third-order valence-corrected chi connectivity index (χ3v) is 6.95. The van der Waals surface area contributed by atoms with E-state index in [-0.39, 0.29) is 22.6 Å². The van der Waals surface area contributed by atoms with Crippen molar-refractivity contribution in [1.82, 2.24) is 15.0 Å². The number of rotatable bonds is 10. The third kappa shape index (κ3) is 7.37. The number of H-pyrrole nitrogens is 1. The number of aromatic nitrogens is 3. The van der Waals surface area contributed by atoms with Crippen LogP contribution in [0.1, 0.15) is 43.6 Å². The Kier molecular flexibility index (Phi) is 8.28. The highest BCUT2D eigenvalue weighted by molar-refractivity contribution is 7.99. The molecule has 0 aliphatic carbocycles. The van der Waals surface area contributed by atoms with Crippen LogP contribution in [0.2, 0.25) is 0 Å². The first kappa shape index (κ1) is 25.4. The van der Waals surface area contributed by atoms with Crippen LogP contribution in [0.3, 0.4) is 0 Å². The normalized spacial score (nSPS) is 13.7. The Morgan fingerprint density at radius 1 is 1.33 bits per heavy atom. The van der Waals surface area contributed by atoms with Crippen LogP contribution in [0.5, 0.6) is 0 Å². The number of hydrogen-bond acceptors (Lipinski definition) is 9. The van der Waals surface area contributed by atoms with Crippen molar-refractivity contribution in [3.63, 3.8) is 0 Å². The van der Waals surface area contributed by atoms with Gasteiger partial charge in [0.1, 0.15) is 4.70 Å². The van der Waals surface area contributed by atoms with Gasteiger partial charge in [-0.2, -0.15) is 5.26 Å². The van der Waals surface area contributed by atoms with Gasteiger partial charge in [0.15, 0.2) is 16.6 Å². The molecule has 0 radical (unpaired) electrons. The number of nitrogens with zero attached hydrogens (tertiary/aromatic N) is 3. The van der Waals surface area contributed by atoms with Gasteiger partial charge in [0, 0.05) is 5.25 Å². The molecule has 2 heterocycles. The average molecular weight is 510 g/mol. The van der Waals surface area contributed by atoms with Crippen molar-refractivity contribution in [1.29, 1.82) is 5.26 Å². The summed E-state index contributed by atoms with van der Waals surface area (Å²) in [5.41, 5.74) is 1.87. The van der Waals surface area contributed by atoms with Gasteiger partial charge in [0.2, 0.25) is 0 Å². The molecule has 10 nitrogen and oxygen atoms in total. The van der Waals surface area contributed by atoms with E-state index in [1.54, 1.807) is 12.1 Å². The monoisotopic (exact) mass is 509 g/mol. The fourth-order valence-corrected chi connectivity index (χ4v) is 5.17. The Labute approximate surface area is 198 Å². The second-order valence-electron chi connectivity index (χ2n) is 7.80. The van der Waals surface area contributed by atoms with Crippen LogP contribution in [-0.4, -0.2) is 37.4 Å². The van der Waals surface area contributed by atoms with Gasteiger partial charge in [-0.1, -0.05) is 49.1 Å². The number of nitriles is 1. The van der Waals surface area contributed by atoms with E-state index in [4.69, 9.17) is 19.6 Å². The predicted molar refractivity (Wildman–Crippen MR) is 128 cm³/mol. The van der Waals surface area contributed by atoms with Gasteiger partial charge >= 0.3 is 12.7 Å². The summed E-state index contributed by atoms with van der Waals surface area (Å²) in [5, 5.41) is 12.7. The Bertz CT molecular complexity index is 1270. The molecule has 1 aromatic carbocycles. The summed E-state index contributed by atoms with van der Waals surface area (Å²) < 4.78 is 16.4. The van der Waals surface area contributed by atoms with Gasteiger partial charge in [0.05, 0.1) is 24.3 Å². The van der Waals surface area contributed by atoms with Gasteiger partial charge in [-0.3, -0.25) is 14.3 Å². The second kappa shape index (κ2) is 10.8. The number of fused-ring (bicyclic) bond motifs is 1. The number of anilines is 1. The van der Waals surface area contributed by atoms with E-state index in [1.165, 1.54) is 11.8 Å². The fraction of sp³-hybridized carbons (Fsp3) is 0.400. The molecule has 0 spiro atoms. The smallest absolute Gasteiger partial charge is 0.364 e. The number of thiazole rings is 1. The van der Waals surface area contributed by atoms with E-state index in [9.17, 15) is 9.36 Å². The van der Waals surface area contributed by atoms with Gasteiger partial charge < -0.3 is 15.1 Å². The highest BCUT2D eigenvalue weighted by atomic mass is 32.2. The molecule has 0 aliphatic rings. The molecule has 0 saturated carbocycles. The molecular formula is C20H24N5O5PS2. The van der Waals surface area contributed by atoms with E-state index >= 15 is 0 Å². The first-order valence-electron chi connectivity index (χ1n) is 10.1. The number of phosphoric ester groups is 1. The zero-order valence-electron chi connectivity index (χ0n) is 18.2. The van der Waals surface area contributed by atoms with E-state index in [0.717, 1.165) is 16.9 Å². The van der Waals surface area contributed by atoms with Crippen LogP contribution < -0.4 is 10.2 Å². The summed E-state index contributed by atoms with van der Waals surface area (Å²) in [6, 6.07) is 8.95. The summed E-state index contributed by atoms with van der Waals surface area (Å²) in [4.78, 5) is 41.7. The van der Waals surface area contributed by atoms with Crippen LogP contribution in [0, 0.1) is 17.2 Å². The number of thioether (sulfide) groups is 1. The molecule has 13 heteroatoms. The lowest BCUT2D eigenvalue weighted by atomic mass is 10.0. The highest BCUT2D eigenvalue weighted by Crippen LogP contribution is 2.37. The van der Waals surface area contributed by atoms with Gasteiger partial charge in [0.25, 0.3) is 0 Å². The van der Waals surface area contributed by atoms with Crippen LogP contribution in [0.4, 0.5) is 5.82 Å². The standard InChI is InChI=1S/C20H24N5O5PS2/c1-11(2)7-15(10-30-31(27,28)29)22-17-16-18(25-20(26)33-16)24-19(23-17)32-12(3)14-6-4-5-13(8-14)9-21/h4-6,8,11-12,15H,7,10H2,1-3H3,(H2,27,28,29)(H2,22,23,24,25,26)/t12?,15-/m1/s1. The summed E-state index contributed by atoms with van der Waals surface area (Å²) >= 11 is 2.32. The number of benzene rings is 1. The summed E-state index contributed by atoms with van der Waals surface area (Å²) in [6.07, 6.45) is 0.560. The molecule has 0 fully saturated rings. The number of aromatic amines is 1.